The van der Waals surface area contributed by atoms with Crippen molar-refractivity contribution in [2.24, 2.45) is 0 Å². The Hall–Kier alpha value is -1.11. The van der Waals surface area contributed by atoms with Gasteiger partial charge in [-0.05, 0) is 18.9 Å². The maximum absolute atomic E-state index is 10.8. The number of para-hydroxylation sites is 1. The molecule has 6 heteroatoms. The maximum atomic E-state index is 10.8. The molecule has 0 aliphatic heterocycles. The van der Waals surface area contributed by atoms with E-state index < -0.39 is 11.0 Å². The van der Waals surface area contributed by atoms with Crippen LogP contribution >= 0.6 is 11.8 Å². The molecule has 0 bridgehead atoms. The number of nitro groups is 1. The number of aliphatic hydroxyl groups excluding tert-OH is 1. The van der Waals surface area contributed by atoms with Gasteiger partial charge >= 0.3 is 0 Å². The molecule has 1 aliphatic rings. The van der Waals surface area contributed by atoms with E-state index in [2.05, 4.69) is 5.32 Å². The number of nitro benzene ring substituents is 1. The molecule has 98 valence electrons. The highest BCUT2D eigenvalue weighted by atomic mass is 32.2. The molecule has 0 aromatic heterocycles. The molecule has 0 saturated heterocycles. The van der Waals surface area contributed by atoms with Gasteiger partial charge in [-0.2, -0.15) is 0 Å². The first-order valence-corrected chi connectivity index (χ1v) is 6.93. The zero-order valence-electron chi connectivity index (χ0n) is 9.91. The van der Waals surface area contributed by atoms with Crippen LogP contribution in [-0.4, -0.2) is 34.5 Å². The molecular weight excluding hydrogens is 252 g/mol. The molecule has 2 N–H and O–H groups in total. The summed E-state index contributed by atoms with van der Waals surface area (Å²) in [5, 5.41) is 23.8. The summed E-state index contributed by atoms with van der Waals surface area (Å²) in [4.78, 5) is 11.0. The van der Waals surface area contributed by atoms with E-state index in [-0.39, 0.29) is 5.69 Å². The quantitative estimate of drug-likeness (QED) is 0.448. The van der Waals surface area contributed by atoms with Crippen molar-refractivity contribution in [2.75, 3.05) is 12.3 Å². The Morgan fingerprint density at radius 3 is 2.89 bits per heavy atom. The predicted octanol–water partition coefficient (Wildman–Crippen LogP) is 1.80. The van der Waals surface area contributed by atoms with Gasteiger partial charge in [-0.25, -0.2) is 0 Å². The fourth-order valence-corrected chi connectivity index (χ4v) is 2.52. The summed E-state index contributed by atoms with van der Waals surface area (Å²) in [6.07, 6.45) is 1.89. The van der Waals surface area contributed by atoms with Crippen molar-refractivity contribution in [3.8, 4) is 0 Å². The lowest BCUT2D eigenvalue weighted by molar-refractivity contribution is -0.387. The number of thioether (sulfide) groups is 1. The van der Waals surface area contributed by atoms with Crippen LogP contribution < -0.4 is 5.32 Å². The van der Waals surface area contributed by atoms with Gasteiger partial charge in [0.05, 0.1) is 15.9 Å². The van der Waals surface area contributed by atoms with Crippen LogP contribution in [0.25, 0.3) is 0 Å². The topological polar surface area (TPSA) is 75.4 Å². The van der Waals surface area contributed by atoms with Crippen LogP contribution in [0.2, 0.25) is 0 Å². The number of benzene rings is 1. The molecule has 0 radical (unpaired) electrons. The molecule has 1 aliphatic carbocycles. The lowest BCUT2D eigenvalue weighted by Gasteiger charge is -2.10. The summed E-state index contributed by atoms with van der Waals surface area (Å²) in [6.45, 7) is 0.554. The first-order valence-electron chi connectivity index (χ1n) is 5.94. The van der Waals surface area contributed by atoms with Gasteiger partial charge in [0, 0.05) is 24.4 Å². The van der Waals surface area contributed by atoms with Gasteiger partial charge in [0.15, 0.2) is 0 Å². The SMILES string of the molecule is O=[N+]([O-])c1ccccc1SCC(O)CNC1CC1. The van der Waals surface area contributed by atoms with Gasteiger partial charge in [0.25, 0.3) is 5.69 Å². The van der Waals surface area contributed by atoms with Crippen LogP contribution in [0.3, 0.4) is 0 Å². The number of hydrogen-bond donors (Lipinski definition) is 2. The Morgan fingerprint density at radius 2 is 2.22 bits per heavy atom. The predicted molar refractivity (Wildman–Crippen MR) is 70.9 cm³/mol. The Kier molecular flexibility index (Phi) is 4.57. The molecule has 1 saturated carbocycles. The van der Waals surface area contributed by atoms with E-state index in [1.165, 1.54) is 30.7 Å². The lowest BCUT2D eigenvalue weighted by Crippen LogP contribution is -2.29. The van der Waals surface area contributed by atoms with Crippen molar-refractivity contribution in [3.05, 3.63) is 34.4 Å². The molecule has 1 fully saturated rings. The van der Waals surface area contributed by atoms with Gasteiger partial charge in [0.1, 0.15) is 0 Å². The molecule has 1 unspecified atom stereocenters. The molecule has 0 amide bonds. The van der Waals surface area contributed by atoms with Crippen LogP contribution in [0, 0.1) is 10.1 Å². The van der Waals surface area contributed by atoms with E-state index in [0.29, 0.717) is 23.2 Å². The zero-order chi connectivity index (χ0) is 13.0. The zero-order valence-corrected chi connectivity index (χ0v) is 10.7. The number of nitrogens with one attached hydrogen (secondary N) is 1. The van der Waals surface area contributed by atoms with Crippen molar-refractivity contribution in [1.82, 2.24) is 5.32 Å². The molecule has 1 atom stereocenters. The third-order valence-corrected chi connectivity index (χ3v) is 3.92. The van der Waals surface area contributed by atoms with Gasteiger partial charge in [-0.1, -0.05) is 12.1 Å². The van der Waals surface area contributed by atoms with E-state index in [0.717, 1.165) is 0 Å². The second-order valence-electron chi connectivity index (χ2n) is 4.37. The van der Waals surface area contributed by atoms with Gasteiger partial charge in [-0.3, -0.25) is 10.1 Å². The maximum Gasteiger partial charge on any atom is 0.282 e. The molecule has 0 spiro atoms. The van der Waals surface area contributed by atoms with Crippen molar-refractivity contribution in [2.45, 2.75) is 29.9 Å². The number of nitrogens with zero attached hydrogens (tertiary/aromatic N) is 1. The smallest absolute Gasteiger partial charge is 0.282 e. The van der Waals surface area contributed by atoms with Crippen molar-refractivity contribution in [3.63, 3.8) is 0 Å². The molecule has 2 rings (SSSR count). The van der Waals surface area contributed by atoms with Crippen LogP contribution in [-0.2, 0) is 0 Å². The summed E-state index contributed by atoms with van der Waals surface area (Å²) in [6, 6.07) is 7.18. The minimum Gasteiger partial charge on any atom is -0.391 e. The van der Waals surface area contributed by atoms with E-state index >= 15 is 0 Å². The van der Waals surface area contributed by atoms with E-state index in [1.54, 1.807) is 18.2 Å². The van der Waals surface area contributed by atoms with Crippen molar-refractivity contribution >= 4 is 17.4 Å². The number of rotatable bonds is 7. The van der Waals surface area contributed by atoms with Crippen LogP contribution in [0.4, 0.5) is 5.69 Å². The summed E-state index contributed by atoms with van der Waals surface area (Å²) in [5.41, 5.74) is 0.102. The second-order valence-corrected chi connectivity index (χ2v) is 5.43. The van der Waals surface area contributed by atoms with E-state index in [1.807, 2.05) is 0 Å². The van der Waals surface area contributed by atoms with Crippen molar-refractivity contribution in [1.29, 1.82) is 0 Å². The minimum atomic E-state index is -0.476. The number of hydrogen-bond acceptors (Lipinski definition) is 5. The van der Waals surface area contributed by atoms with Gasteiger partial charge < -0.3 is 10.4 Å². The van der Waals surface area contributed by atoms with Crippen LogP contribution in [0.1, 0.15) is 12.8 Å². The average molecular weight is 268 g/mol. The molecule has 5 nitrogen and oxygen atoms in total. The third-order valence-electron chi connectivity index (χ3n) is 2.71. The Bertz CT molecular complexity index is 424. The molecular formula is C12H16N2O3S. The first-order chi connectivity index (χ1) is 8.66. The molecule has 18 heavy (non-hydrogen) atoms. The Balaban J connectivity index is 1.82. The van der Waals surface area contributed by atoms with E-state index in [4.69, 9.17) is 0 Å². The van der Waals surface area contributed by atoms with Crippen molar-refractivity contribution < 1.29 is 10.0 Å². The Labute approximate surface area is 110 Å². The molecule has 0 heterocycles. The van der Waals surface area contributed by atoms with Crippen LogP contribution in [0.15, 0.2) is 29.2 Å². The summed E-state index contributed by atoms with van der Waals surface area (Å²) >= 11 is 1.32. The fraction of sp³-hybridized carbons (Fsp3) is 0.500. The van der Waals surface area contributed by atoms with Gasteiger partial charge in [-0.15, -0.1) is 11.8 Å². The highest BCUT2D eigenvalue weighted by Crippen LogP contribution is 2.29. The highest BCUT2D eigenvalue weighted by Gasteiger charge is 2.21. The summed E-state index contributed by atoms with van der Waals surface area (Å²) in [7, 11) is 0. The standard InChI is InChI=1S/C12H16N2O3S/c15-10(7-13-9-5-6-9)8-18-12-4-2-1-3-11(12)14(16)17/h1-4,9-10,13,15H,5-8H2. The minimum absolute atomic E-state index is 0.102. The lowest BCUT2D eigenvalue weighted by atomic mass is 10.3. The monoisotopic (exact) mass is 268 g/mol. The molecule has 1 aromatic rings. The van der Waals surface area contributed by atoms with E-state index in [9.17, 15) is 15.2 Å². The normalized spacial score (nSPS) is 16.5. The molecule has 1 aromatic carbocycles. The fourth-order valence-electron chi connectivity index (χ4n) is 1.57. The third kappa shape index (κ3) is 3.97. The number of aliphatic hydroxyl groups is 1. The summed E-state index contributed by atoms with van der Waals surface area (Å²) < 4.78 is 0. The first kappa shape index (κ1) is 13.3. The average Bonchev–Trinajstić information content (AvgIpc) is 3.18. The largest absolute Gasteiger partial charge is 0.391 e. The second kappa shape index (κ2) is 6.17. The Morgan fingerprint density at radius 1 is 1.50 bits per heavy atom. The van der Waals surface area contributed by atoms with Crippen LogP contribution in [0.5, 0.6) is 0 Å². The highest BCUT2D eigenvalue weighted by molar-refractivity contribution is 7.99. The van der Waals surface area contributed by atoms with Gasteiger partial charge in [0.2, 0.25) is 0 Å². The summed E-state index contributed by atoms with van der Waals surface area (Å²) in [5.74, 6) is 0.463.